The molecule has 1 amide bonds. The first kappa shape index (κ1) is 28.2. The smallest absolute Gasteiger partial charge is 0.310 e. The lowest BCUT2D eigenvalue weighted by Crippen LogP contribution is -2.53. The summed E-state index contributed by atoms with van der Waals surface area (Å²) in [5.74, 6) is -0.733. The molecule has 2 heterocycles. The fourth-order valence-corrected chi connectivity index (χ4v) is 7.76. The number of para-hydroxylation sites is 1. The fraction of sp³-hybridized carbons (Fsp3) is 0.243. The Kier molecular flexibility index (Phi) is 6.97. The van der Waals surface area contributed by atoms with Crippen LogP contribution in [-0.4, -0.2) is 30.2 Å². The van der Waals surface area contributed by atoms with Gasteiger partial charge in [-0.15, -0.1) is 0 Å². The third-order valence-corrected chi connectivity index (χ3v) is 9.63. The van der Waals surface area contributed by atoms with Gasteiger partial charge in [0, 0.05) is 40.3 Å². The van der Waals surface area contributed by atoms with Gasteiger partial charge in [0.1, 0.15) is 11.2 Å². The summed E-state index contributed by atoms with van der Waals surface area (Å²) >= 11 is 6.70. The van der Waals surface area contributed by atoms with Crippen LogP contribution in [0.4, 0.5) is 5.69 Å². The third-order valence-electron chi connectivity index (χ3n) is 9.39. The first-order valence-corrected chi connectivity index (χ1v) is 15.3. The number of hydrogen-bond acceptors (Lipinski definition) is 4. The molecule has 0 radical (unpaired) electrons. The van der Waals surface area contributed by atoms with Gasteiger partial charge in [-0.25, -0.2) is 0 Å². The Morgan fingerprint density at radius 2 is 1.70 bits per heavy atom. The first-order chi connectivity index (χ1) is 21.4. The molecule has 4 aromatic carbocycles. The van der Waals surface area contributed by atoms with Crippen LogP contribution in [0, 0.1) is 5.92 Å². The number of carbonyl (C=O) groups is 2. The molecule has 0 N–H and O–H groups in total. The molecule has 7 heteroatoms. The number of rotatable bonds is 6. The molecular weight excluding hydrogens is 572 g/mol. The van der Waals surface area contributed by atoms with Gasteiger partial charge in [0.25, 0.3) is 0 Å². The van der Waals surface area contributed by atoms with Crippen LogP contribution < -0.4 is 9.64 Å². The van der Waals surface area contributed by atoms with E-state index in [1.165, 1.54) is 0 Å². The van der Waals surface area contributed by atoms with Gasteiger partial charge in [-0.2, -0.15) is 0 Å². The maximum atomic E-state index is 15.3. The zero-order valence-corrected chi connectivity index (χ0v) is 25.7. The van der Waals surface area contributed by atoms with E-state index in [2.05, 4.69) is 28.8 Å². The van der Waals surface area contributed by atoms with E-state index in [0.29, 0.717) is 18.0 Å². The molecule has 1 aliphatic heterocycles. The molecule has 0 saturated heterocycles. The molecule has 7 rings (SSSR count). The van der Waals surface area contributed by atoms with Gasteiger partial charge in [-0.3, -0.25) is 9.59 Å². The van der Waals surface area contributed by atoms with Crippen molar-refractivity contribution >= 4 is 40.1 Å². The van der Waals surface area contributed by atoms with Crippen molar-refractivity contribution in [3.05, 3.63) is 130 Å². The van der Waals surface area contributed by atoms with Gasteiger partial charge in [0.2, 0.25) is 5.91 Å². The van der Waals surface area contributed by atoms with E-state index < -0.39 is 11.3 Å². The van der Waals surface area contributed by atoms with Gasteiger partial charge in [-0.1, -0.05) is 72.3 Å². The van der Waals surface area contributed by atoms with Crippen LogP contribution in [0.3, 0.4) is 0 Å². The lowest BCUT2D eigenvalue weighted by molar-refractivity contribution is -0.153. The molecule has 2 aliphatic rings. The van der Waals surface area contributed by atoms with Crippen molar-refractivity contribution in [2.24, 2.45) is 13.0 Å². The molecule has 3 unspecified atom stereocenters. The number of esters is 1. The van der Waals surface area contributed by atoms with E-state index in [1.807, 2.05) is 84.7 Å². The first-order valence-electron chi connectivity index (χ1n) is 14.9. The summed E-state index contributed by atoms with van der Waals surface area (Å²) in [7, 11) is 3.65. The molecule has 1 spiro atoms. The van der Waals surface area contributed by atoms with Crippen LogP contribution in [0.15, 0.2) is 97.1 Å². The van der Waals surface area contributed by atoms with Gasteiger partial charge in [0.15, 0.2) is 0 Å². The molecule has 3 atom stereocenters. The molecule has 0 saturated carbocycles. The van der Waals surface area contributed by atoms with Crippen molar-refractivity contribution in [3.63, 3.8) is 0 Å². The second kappa shape index (κ2) is 10.9. The monoisotopic (exact) mass is 604 g/mol. The highest BCUT2D eigenvalue weighted by Gasteiger charge is 2.64. The summed E-state index contributed by atoms with van der Waals surface area (Å²) in [5, 5.41) is 1.57. The zero-order chi connectivity index (χ0) is 30.6. The summed E-state index contributed by atoms with van der Waals surface area (Å²) in [6.45, 7) is 2.39. The minimum Gasteiger partial charge on any atom is -0.497 e. The number of aryl methyl sites for hydroxylation is 1. The number of benzene rings is 4. The second-order valence-corrected chi connectivity index (χ2v) is 12.0. The SMILES string of the molecule is CCOC(=O)C1CC(c2ccc(OC)cc2)c2c(n(C)c3ccccc23)C12C(=O)N(Cc1ccccc1)c1ccc(Cl)cc12. The Labute approximate surface area is 261 Å². The predicted molar refractivity (Wildman–Crippen MR) is 172 cm³/mol. The lowest BCUT2D eigenvalue weighted by Gasteiger charge is -2.43. The molecule has 5 aromatic rings. The number of hydrogen-bond donors (Lipinski definition) is 0. The lowest BCUT2D eigenvalue weighted by atomic mass is 9.58. The van der Waals surface area contributed by atoms with E-state index in [9.17, 15) is 4.79 Å². The van der Waals surface area contributed by atoms with E-state index in [0.717, 1.165) is 50.3 Å². The van der Waals surface area contributed by atoms with Crippen LogP contribution in [0.5, 0.6) is 5.75 Å². The summed E-state index contributed by atoms with van der Waals surface area (Å²) in [6.07, 6.45) is 0.392. The second-order valence-electron chi connectivity index (χ2n) is 11.6. The largest absolute Gasteiger partial charge is 0.497 e. The summed E-state index contributed by atoms with van der Waals surface area (Å²) in [5.41, 5.74) is 5.07. The van der Waals surface area contributed by atoms with Crippen LogP contribution >= 0.6 is 11.6 Å². The number of aromatic nitrogens is 1. The summed E-state index contributed by atoms with van der Waals surface area (Å²) in [4.78, 5) is 31.4. The van der Waals surface area contributed by atoms with E-state index in [4.69, 9.17) is 21.1 Å². The van der Waals surface area contributed by atoms with E-state index in [-0.39, 0.29) is 24.4 Å². The number of nitrogens with zero attached hydrogens (tertiary/aromatic N) is 2. The molecule has 6 nitrogen and oxygen atoms in total. The third kappa shape index (κ3) is 4.08. The molecular formula is C37H33ClN2O4. The fourth-order valence-electron chi connectivity index (χ4n) is 7.59. The normalized spacial score (nSPS) is 20.5. The number of fused-ring (bicyclic) bond motifs is 6. The van der Waals surface area contributed by atoms with Gasteiger partial charge >= 0.3 is 5.97 Å². The average molecular weight is 605 g/mol. The Morgan fingerprint density at radius 3 is 2.43 bits per heavy atom. The summed E-state index contributed by atoms with van der Waals surface area (Å²) in [6, 6.07) is 31.8. The van der Waals surface area contributed by atoms with Gasteiger partial charge < -0.3 is 18.9 Å². The number of carbonyl (C=O) groups excluding carboxylic acids is 2. The highest BCUT2D eigenvalue weighted by Crippen LogP contribution is 2.60. The van der Waals surface area contributed by atoms with Crippen LogP contribution in [-0.2, 0) is 33.3 Å². The van der Waals surface area contributed by atoms with Crippen molar-refractivity contribution in [3.8, 4) is 5.75 Å². The van der Waals surface area contributed by atoms with Gasteiger partial charge in [-0.05, 0) is 72.0 Å². The summed E-state index contributed by atoms with van der Waals surface area (Å²) < 4.78 is 13.4. The molecule has 44 heavy (non-hydrogen) atoms. The quantitative estimate of drug-likeness (QED) is 0.190. The number of ether oxygens (including phenoxy) is 2. The number of anilines is 1. The minimum atomic E-state index is -1.34. The number of methoxy groups -OCH3 is 1. The highest BCUT2D eigenvalue weighted by molar-refractivity contribution is 6.31. The maximum absolute atomic E-state index is 15.3. The van der Waals surface area contributed by atoms with Crippen molar-refractivity contribution in [1.29, 1.82) is 0 Å². The van der Waals surface area contributed by atoms with Crippen molar-refractivity contribution < 1.29 is 19.1 Å². The predicted octanol–water partition coefficient (Wildman–Crippen LogP) is 7.39. The van der Waals surface area contributed by atoms with E-state index >= 15 is 4.79 Å². The maximum Gasteiger partial charge on any atom is 0.310 e. The van der Waals surface area contributed by atoms with Crippen molar-refractivity contribution in [2.45, 2.75) is 31.2 Å². The average Bonchev–Trinajstić information content (AvgIpc) is 3.47. The zero-order valence-electron chi connectivity index (χ0n) is 24.9. The Morgan fingerprint density at radius 1 is 0.977 bits per heavy atom. The molecule has 1 aromatic heterocycles. The van der Waals surface area contributed by atoms with Gasteiger partial charge in [0.05, 0.1) is 26.2 Å². The van der Waals surface area contributed by atoms with Crippen LogP contribution in [0.2, 0.25) is 5.02 Å². The minimum absolute atomic E-state index is 0.142. The number of halogens is 1. The topological polar surface area (TPSA) is 60.8 Å². The van der Waals surface area contributed by atoms with E-state index in [1.54, 1.807) is 14.0 Å². The standard InChI is InChI=1S/C37H33ClN2O4/c1-4-44-35(41)30-21-28(24-14-17-26(43-3)18-15-24)33-27-12-8-9-13-31(27)39(2)34(33)37(30)29-20-25(38)16-19-32(29)40(36(37)42)22-23-10-6-5-7-11-23/h5-20,28,30H,4,21-22H2,1-3H3. The van der Waals surface area contributed by atoms with Crippen LogP contribution in [0.25, 0.3) is 10.9 Å². The Bertz CT molecular complexity index is 1900. The molecule has 0 bridgehead atoms. The molecule has 1 aliphatic carbocycles. The highest BCUT2D eigenvalue weighted by atomic mass is 35.5. The van der Waals surface area contributed by atoms with Crippen molar-refractivity contribution in [2.75, 3.05) is 18.6 Å². The number of amides is 1. The molecule has 222 valence electrons. The van der Waals surface area contributed by atoms with Crippen molar-refractivity contribution in [1.82, 2.24) is 4.57 Å². The Hall–Kier alpha value is -4.55. The van der Waals surface area contributed by atoms with Crippen LogP contribution in [0.1, 0.15) is 47.2 Å². The molecule has 0 fully saturated rings. The Balaban J connectivity index is 1.56.